The Labute approximate surface area is 161 Å². The molecule has 4 rings (SSSR count). The van der Waals surface area contributed by atoms with E-state index in [1.807, 2.05) is 12.1 Å². The highest BCUT2D eigenvalue weighted by molar-refractivity contribution is 5.75. The molecule has 2 unspecified atom stereocenters. The highest BCUT2D eigenvalue weighted by Gasteiger charge is 2.34. The van der Waals surface area contributed by atoms with Gasteiger partial charge in [-0.15, -0.1) is 0 Å². The number of para-hydroxylation sites is 2. The fourth-order valence-corrected chi connectivity index (χ4v) is 5.22. The van der Waals surface area contributed by atoms with Gasteiger partial charge in [-0.2, -0.15) is 0 Å². The second kappa shape index (κ2) is 8.01. The molecule has 1 saturated heterocycles. The Morgan fingerprint density at radius 1 is 1.15 bits per heavy atom. The number of carbonyl (C=O) groups is 1. The summed E-state index contributed by atoms with van der Waals surface area (Å²) in [4.78, 5) is 18.9. The van der Waals surface area contributed by atoms with Gasteiger partial charge in [-0.05, 0) is 49.8 Å². The van der Waals surface area contributed by atoms with Gasteiger partial charge in [0.2, 0.25) is 0 Å². The third kappa shape index (κ3) is 4.03. The third-order valence-electron chi connectivity index (χ3n) is 6.78. The van der Waals surface area contributed by atoms with Crippen molar-refractivity contribution in [2.24, 2.45) is 18.9 Å². The molecular weight excluding hydrogens is 338 g/mol. The van der Waals surface area contributed by atoms with Gasteiger partial charge in [-0.25, -0.2) is 4.98 Å². The first-order chi connectivity index (χ1) is 13.1. The van der Waals surface area contributed by atoms with Gasteiger partial charge in [0.25, 0.3) is 0 Å². The van der Waals surface area contributed by atoms with E-state index < -0.39 is 5.97 Å². The Morgan fingerprint density at radius 2 is 1.93 bits per heavy atom. The zero-order valence-electron chi connectivity index (χ0n) is 16.3. The van der Waals surface area contributed by atoms with Crippen molar-refractivity contribution in [1.29, 1.82) is 0 Å². The molecule has 2 aromatic rings. The van der Waals surface area contributed by atoms with Gasteiger partial charge in [0.15, 0.2) is 0 Å². The van der Waals surface area contributed by atoms with Gasteiger partial charge in [-0.3, -0.25) is 4.79 Å². The molecule has 1 N–H and O–H groups in total. The fraction of sp³-hybridized carbons (Fsp3) is 0.636. The minimum atomic E-state index is -0.666. The van der Waals surface area contributed by atoms with Crippen LogP contribution < -0.4 is 0 Å². The first-order valence-electron chi connectivity index (χ1n) is 10.5. The van der Waals surface area contributed by atoms with Crippen molar-refractivity contribution in [3.05, 3.63) is 30.1 Å². The van der Waals surface area contributed by atoms with Crippen LogP contribution >= 0.6 is 0 Å². The maximum absolute atomic E-state index is 11.4. The lowest BCUT2D eigenvalue weighted by atomic mass is 9.79. The molecule has 27 heavy (non-hydrogen) atoms. The summed E-state index contributed by atoms with van der Waals surface area (Å²) in [6, 6.07) is 8.94. The van der Waals surface area contributed by atoms with E-state index in [0.717, 1.165) is 42.8 Å². The Bertz CT molecular complexity index is 794. The van der Waals surface area contributed by atoms with E-state index in [-0.39, 0.29) is 12.3 Å². The number of piperidine rings is 1. The number of hydrogen-bond donors (Lipinski definition) is 1. The van der Waals surface area contributed by atoms with Crippen LogP contribution in [0.2, 0.25) is 0 Å². The smallest absolute Gasteiger partial charge is 0.303 e. The molecule has 5 heteroatoms. The van der Waals surface area contributed by atoms with Crippen molar-refractivity contribution in [3.63, 3.8) is 0 Å². The van der Waals surface area contributed by atoms with Crippen molar-refractivity contribution in [2.75, 3.05) is 13.1 Å². The number of likely N-dealkylation sites (tertiary alicyclic amines) is 1. The van der Waals surface area contributed by atoms with Crippen LogP contribution in [0.5, 0.6) is 0 Å². The van der Waals surface area contributed by atoms with Crippen LogP contribution in [0.3, 0.4) is 0 Å². The largest absolute Gasteiger partial charge is 0.481 e. The van der Waals surface area contributed by atoms with E-state index in [2.05, 4.69) is 28.6 Å². The molecule has 0 amide bonds. The van der Waals surface area contributed by atoms with Crippen molar-refractivity contribution >= 4 is 17.0 Å². The SMILES string of the molecule is Cn1c(CC2CN(C3CCCCC3)CCC2CC(=O)O)nc2ccccc21. The molecule has 1 aromatic carbocycles. The number of aromatic nitrogens is 2. The molecule has 1 aromatic heterocycles. The van der Waals surface area contributed by atoms with Gasteiger partial charge in [0.1, 0.15) is 5.82 Å². The lowest BCUT2D eigenvalue weighted by Crippen LogP contribution is -2.47. The summed E-state index contributed by atoms with van der Waals surface area (Å²) in [7, 11) is 2.08. The normalized spacial score (nSPS) is 25.1. The van der Waals surface area contributed by atoms with Gasteiger partial charge >= 0.3 is 5.97 Å². The Morgan fingerprint density at radius 3 is 2.67 bits per heavy atom. The monoisotopic (exact) mass is 369 g/mol. The molecule has 1 saturated carbocycles. The predicted octanol–water partition coefficient (Wildman–Crippen LogP) is 3.86. The summed E-state index contributed by atoms with van der Waals surface area (Å²) in [5, 5.41) is 9.40. The number of carboxylic acids is 1. The van der Waals surface area contributed by atoms with Crippen LogP contribution in [0.25, 0.3) is 11.0 Å². The number of rotatable bonds is 5. The number of fused-ring (bicyclic) bond motifs is 1. The lowest BCUT2D eigenvalue weighted by Gasteiger charge is -2.43. The molecule has 1 aliphatic carbocycles. The third-order valence-corrected chi connectivity index (χ3v) is 6.78. The minimum Gasteiger partial charge on any atom is -0.481 e. The lowest BCUT2D eigenvalue weighted by molar-refractivity contribution is -0.139. The average molecular weight is 370 g/mol. The zero-order valence-corrected chi connectivity index (χ0v) is 16.3. The van der Waals surface area contributed by atoms with Crippen molar-refractivity contribution in [2.45, 2.75) is 57.4 Å². The molecule has 0 radical (unpaired) electrons. The summed E-state index contributed by atoms with van der Waals surface area (Å²) in [5.74, 6) is 1.04. The minimum absolute atomic E-state index is 0.252. The number of aliphatic carboxylic acids is 1. The summed E-state index contributed by atoms with van der Waals surface area (Å²) >= 11 is 0. The standard InChI is InChI=1S/C22H31N3O2/c1-24-20-10-6-5-9-19(20)23-21(24)13-17-15-25(18-7-3-2-4-8-18)12-11-16(17)14-22(26)27/h5-6,9-10,16-18H,2-4,7-8,11-15H2,1H3,(H,26,27). The van der Waals surface area contributed by atoms with Crippen molar-refractivity contribution in [1.82, 2.24) is 14.5 Å². The molecular formula is C22H31N3O2. The molecule has 5 nitrogen and oxygen atoms in total. The molecule has 146 valence electrons. The summed E-state index contributed by atoms with van der Waals surface area (Å²) < 4.78 is 2.19. The van der Waals surface area contributed by atoms with E-state index in [0.29, 0.717) is 12.0 Å². The molecule has 2 atom stereocenters. The molecule has 0 bridgehead atoms. The number of benzene rings is 1. The van der Waals surface area contributed by atoms with Crippen LogP contribution in [0.4, 0.5) is 0 Å². The highest BCUT2D eigenvalue weighted by Crippen LogP contribution is 2.33. The number of hydrogen-bond acceptors (Lipinski definition) is 3. The van der Waals surface area contributed by atoms with E-state index >= 15 is 0 Å². The first kappa shape index (κ1) is 18.5. The summed E-state index contributed by atoms with van der Waals surface area (Å²) in [6.07, 6.45) is 8.82. The van der Waals surface area contributed by atoms with Crippen molar-refractivity contribution < 1.29 is 9.90 Å². The molecule has 2 heterocycles. The van der Waals surface area contributed by atoms with E-state index in [1.165, 1.54) is 32.1 Å². The molecule has 0 spiro atoms. The van der Waals surface area contributed by atoms with Gasteiger partial charge in [-0.1, -0.05) is 31.4 Å². The number of carboxylic acid groups (broad SMARTS) is 1. The van der Waals surface area contributed by atoms with Crippen LogP contribution in [-0.2, 0) is 18.3 Å². The Hall–Kier alpha value is -1.88. The quantitative estimate of drug-likeness (QED) is 0.869. The van der Waals surface area contributed by atoms with Crippen LogP contribution in [0, 0.1) is 11.8 Å². The van der Waals surface area contributed by atoms with Gasteiger partial charge in [0.05, 0.1) is 11.0 Å². The number of imidazole rings is 1. The maximum Gasteiger partial charge on any atom is 0.303 e. The number of aryl methyl sites for hydroxylation is 1. The molecule has 2 aliphatic rings. The Balaban J connectivity index is 1.54. The van der Waals surface area contributed by atoms with E-state index in [9.17, 15) is 9.90 Å². The van der Waals surface area contributed by atoms with E-state index in [4.69, 9.17) is 4.98 Å². The van der Waals surface area contributed by atoms with Crippen LogP contribution in [0.15, 0.2) is 24.3 Å². The molecule has 2 fully saturated rings. The number of nitrogens with zero attached hydrogens (tertiary/aromatic N) is 3. The Kier molecular flexibility index (Phi) is 5.48. The summed E-state index contributed by atoms with van der Waals surface area (Å²) in [5.41, 5.74) is 2.19. The molecule has 1 aliphatic heterocycles. The second-order valence-corrected chi connectivity index (χ2v) is 8.47. The maximum atomic E-state index is 11.4. The zero-order chi connectivity index (χ0) is 18.8. The predicted molar refractivity (Wildman–Crippen MR) is 107 cm³/mol. The fourth-order valence-electron chi connectivity index (χ4n) is 5.22. The summed E-state index contributed by atoms with van der Waals surface area (Å²) in [6.45, 7) is 2.08. The average Bonchev–Trinajstić information content (AvgIpc) is 2.99. The van der Waals surface area contributed by atoms with Gasteiger partial charge in [0, 0.05) is 32.5 Å². The van der Waals surface area contributed by atoms with E-state index in [1.54, 1.807) is 0 Å². The van der Waals surface area contributed by atoms with Crippen molar-refractivity contribution in [3.8, 4) is 0 Å². The topological polar surface area (TPSA) is 58.4 Å². The van der Waals surface area contributed by atoms with Gasteiger partial charge < -0.3 is 14.6 Å². The second-order valence-electron chi connectivity index (χ2n) is 8.47. The highest BCUT2D eigenvalue weighted by atomic mass is 16.4. The van der Waals surface area contributed by atoms with Crippen LogP contribution in [-0.4, -0.2) is 44.7 Å². The van der Waals surface area contributed by atoms with Crippen LogP contribution in [0.1, 0.15) is 50.8 Å². The first-order valence-corrected chi connectivity index (χ1v) is 10.5.